The fraction of sp³-hybridized carbons (Fsp3) is 0.588. The van der Waals surface area contributed by atoms with Gasteiger partial charge in [0.1, 0.15) is 11.5 Å². The molecule has 0 aliphatic carbocycles. The molecule has 124 valence electrons. The van der Waals surface area contributed by atoms with E-state index in [2.05, 4.69) is 0 Å². The molecule has 0 amide bonds. The van der Waals surface area contributed by atoms with Crippen LogP contribution in [-0.2, 0) is 0 Å². The summed E-state index contributed by atoms with van der Waals surface area (Å²) in [6.07, 6.45) is 5.87. The minimum absolute atomic E-state index is 0.198. The topological polar surface area (TPSA) is 76.0 Å². The van der Waals surface area contributed by atoms with Crippen molar-refractivity contribution in [3.63, 3.8) is 0 Å². The minimum atomic E-state index is 0.198. The number of carbonyl (C=O) groups excluding carboxylic acids is 1. The van der Waals surface area contributed by atoms with E-state index < -0.39 is 0 Å². The summed E-state index contributed by atoms with van der Waals surface area (Å²) in [5, 5.41) is 17.4. The predicted octanol–water partition coefficient (Wildman–Crippen LogP) is 2.58. The number of hydrogen-bond donors (Lipinski definition) is 2. The van der Waals surface area contributed by atoms with Gasteiger partial charge in [0.15, 0.2) is 6.29 Å². The average Bonchev–Trinajstić information content (AvgIpc) is 2.55. The maximum atomic E-state index is 11.1. The highest BCUT2D eigenvalue weighted by Crippen LogP contribution is 2.23. The summed E-state index contributed by atoms with van der Waals surface area (Å²) in [5.41, 5.74) is 0.481. The highest BCUT2D eigenvalue weighted by atomic mass is 16.5. The second kappa shape index (κ2) is 12.0. The molecule has 0 saturated carbocycles. The third kappa shape index (κ3) is 7.43. The van der Waals surface area contributed by atoms with Crippen LogP contribution in [0.3, 0.4) is 0 Å². The molecule has 0 heterocycles. The third-order valence-electron chi connectivity index (χ3n) is 3.24. The third-order valence-corrected chi connectivity index (χ3v) is 3.24. The van der Waals surface area contributed by atoms with E-state index >= 15 is 0 Å². The van der Waals surface area contributed by atoms with E-state index in [-0.39, 0.29) is 13.2 Å². The first-order chi connectivity index (χ1) is 10.8. The van der Waals surface area contributed by atoms with Crippen molar-refractivity contribution in [3.8, 4) is 11.5 Å². The number of aliphatic hydroxyl groups excluding tert-OH is 2. The molecule has 2 N–H and O–H groups in total. The Morgan fingerprint density at radius 2 is 1.50 bits per heavy atom. The largest absolute Gasteiger partial charge is 0.494 e. The van der Waals surface area contributed by atoms with Crippen LogP contribution in [0.2, 0.25) is 0 Å². The summed E-state index contributed by atoms with van der Waals surface area (Å²) >= 11 is 0. The summed E-state index contributed by atoms with van der Waals surface area (Å²) in [7, 11) is 0. The zero-order valence-electron chi connectivity index (χ0n) is 13.0. The summed E-state index contributed by atoms with van der Waals surface area (Å²) in [4.78, 5) is 11.1. The first-order valence-corrected chi connectivity index (χ1v) is 7.88. The first-order valence-electron chi connectivity index (χ1n) is 7.88. The Kier molecular flexibility index (Phi) is 10.1. The Labute approximate surface area is 131 Å². The van der Waals surface area contributed by atoms with Crippen molar-refractivity contribution < 1.29 is 24.5 Å². The number of aliphatic hydroxyl groups is 2. The van der Waals surface area contributed by atoms with Gasteiger partial charge in [0.05, 0.1) is 18.8 Å². The van der Waals surface area contributed by atoms with Crippen LogP contribution in [0.5, 0.6) is 11.5 Å². The van der Waals surface area contributed by atoms with E-state index in [4.69, 9.17) is 19.7 Å². The van der Waals surface area contributed by atoms with Crippen LogP contribution in [0.25, 0.3) is 0 Å². The predicted molar refractivity (Wildman–Crippen MR) is 84.7 cm³/mol. The van der Waals surface area contributed by atoms with Crippen molar-refractivity contribution >= 4 is 6.29 Å². The van der Waals surface area contributed by atoms with E-state index in [1.807, 2.05) is 0 Å². The fourth-order valence-electron chi connectivity index (χ4n) is 1.99. The Balaban J connectivity index is 2.39. The van der Waals surface area contributed by atoms with E-state index in [9.17, 15) is 4.79 Å². The molecular formula is C17H26O5. The Morgan fingerprint density at radius 1 is 0.864 bits per heavy atom. The van der Waals surface area contributed by atoms with Gasteiger partial charge in [-0.2, -0.15) is 0 Å². The monoisotopic (exact) mass is 310 g/mol. The summed E-state index contributed by atoms with van der Waals surface area (Å²) in [6.45, 7) is 1.51. The molecule has 0 bridgehead atoms. The van der Waals surface area contributed by atoms with Crippen LogP contribution in [0.4, 0.5) is 0 Å². The van der Waals surface area contributed by atoms with Gasteiger partial charge in [-0.1, -0.05) is 0 Å². The summed E-state index contributed by atoms with van der Waals surface area (Å²) in [5.74, 6) is 1.21. The van der Waals surface area contributed by atoms with Crippen molar-refractivity contribution in [2.75, 3.05) is 26.4 Å². The van der Waals surface area contributed by atoms with Crippen LogP contribution in [0, 0.1) is 0 Å². The van der Waals surface area contributed by atoms with Crippen molar-refractivity contribution in [2.45, 2.75) is 38.5 Å². The van der Waals surface area contributed by atoms with Gasteiger partial charge in [0.2, 0.25) is 0 Å². The summed E-state index contributed by atoms with van der Waals surface area (Å²) < 4.78 is 11.2. The maximum Gasteiger partial charge on any atom is 0.153 e. The lowest BCUT2D eigenvalue weighted by Crippen LogP contribution is -2.02. The number of hydrogen-bond acceptors (Lipinski definition) is 5. The molecule has 0 aliphatic heterocycles. The van der Waals surface area contributed by atoms with Crippen LogP contribution in [-0.4, -0.2) is 42.9 Å². The molecule has 0 fully saturated rings. The molecule has 1 rings (SSSR count). The first kappa shape index (κ1) is 18.5. The summed E-state index contributed by atoms with van der Waals surface area (Å²) in [6, 6.07) is 5.23. The van der Waals surface area contributed by atoms with E-state index in [0.29, 0.717) is 30.3 Å². The molecule has 0 atom stereocenters. The number of rotatable bonds is 13. The molecule has 0 unspecified atom stereocenters. The number of unbranched alkanes of at least 4 members (excludes halogenated alkanes) is 4. The zero-order valence-corrected chi connectivity index (χ0v) is 13.0. The van der Waals surface area contributed by atoms with Crippen LogP contribution in [0.1, 0.15) is 48.9 Å². The Morgan fingerprint density at radius 3 is 2.09 bits per heavy atom. The van der Waals surface area contributed by atoms with Gasteiger partial charge in [0, 0.05) is 13.2 Å². The van der Waals surface area contributed by atoms with Crippen LogP contribution in [0.15, 0.2) is 18.2 Å². The molecule has 0 radical (unpaired) electrons. The van der Waals surface area contributed by atoms with Crippen molar-refractivity contribution in [3.05, 3.63) is 23.8 Å². The maximum absolute atomic E-state index is 11.1. The average molecular weight is 310 g/mol. The lowest BCUT2D eigenvalue weighted by Gasteiger charge is -2.11. The van der Waals surface area contributed by atoms with Crippen molar-refractivity contribution in [1.82, 2.24) is 0 Å². The molecular weight excluding hydrogens is 284 g/mol. The smallest absolute Gasteiger partial charge is 0.153 e. The number of ether oxygens (including phenoxy) is 2. The van der Waals surface area contributed by atoms with E-state index in [1.165, 1.54) is 0 Å². The molecule has 0 spiro atoms. The Bertz CT molecular complexity index is 420. The van der Waals surface area contributed by atoms with Crippen molar-refractivity contribution in [1.29, 1.82) is 0 Å². The second-order valence-electron chi connectivity index (χ2n) is 5.08. The lowest BCUT2D eigenvalue weighted by atomic mass is 10.2. The van der Waals surface area contributed by atoms with Crippen molar-refractivity contribution in [2.24, 2.45) is 0 Å². The van der Waals surface area contributed by atoms with Gasteiger partial charge < -0.3 is 19.7 Å². The van der Waals surface area contributed by atoms with E-state index in [1.54, 1.807) is 18.2 Å². The van der Waals surface area contributed by atoms with Gasteiger partial charge in [0.25, 0.3) is 0 Å². The fourth-order valence-corrected chi connectivity index (χ4v) is 1.99. The number of aldehydes is 1. The normalized spacial score (nSPS) is 10.5. The van der Waals surface area contributed by atoms with Crippen LogP contribution < -0.4 is 9.47 Å². The Hall–Kier alpha value is -1.59. The van der Waals surface area contributed by atoms with Gasteiger partial charge in [-0.3, -0.25) is 4.79 Å². The lowest BCUT2D eigenvalue weighted by molar-refractivity contribution is 0.111. The molecule has 0 aromatic heterocycles. The standard InChI is InChI=1S/C17H26O5/c18-9-3-1-5-11-21-16-7-8-17(15(13-16)14-20)22-12-6-2-4-10-19/h7-8,13-14,18-19H,1-6,9-12H2. The van der Waals surface area contributed by atoms with Gasteiger partial charge >= 0.3 is 0 Å². The molecule has 0 saturated heterocycles. The molecule has 5 heteroatoms. The number of benzene rings is 1. The molecule has 22 heavy (non-hydrogen) atoms. The van der Waals surface area contributed by atoms with Gasteiger partial charge in [-0.15, -0.1) is 0 Å². The minimum Gasteiger partial charge on any atom is -0.494 e. The zero-order chi connectivity index (χ0) is 16.0. The second-order valence-corrected chi connectivity index (χ2v) is 5.08. The highest BCUT2D eigenvalue weighted by molar-refractivity contribution is 5.80. The molecule has 1 aromatic carbocycles. The SMILES string of the molecule is O=Cc1cc(OCCCCCO)ccc1OCCCCCO. The quantitative estimate of drug-likeness (QED) is 0.432. The number of carbonyl (C=O) groups is 1. The molecule has 0 aliphatic rings. The highest BCUT2D eigenvalue weighted by Gasteiger charge is 2.05. The van der Waals surface area contributed by atoms with Gasteiger partial charge in [-0.25, -0.2) is 0 Å². The van der Waals surface area contributed by atoms with E-state index in [0.717, 1.165) is 44.8 Å². The van der Waals surface area contributed by atoms with Crippen LogP contribution >= 0.6 is 0 Å². The van der Waals surface area contributed by atoms with Gasteiger partial charge in [-0.05, 0) is 56.7 Å². The molecule has 5 nitrogen and oxygen atoms in total. The molecule has 1 aromatic rings.